The molecule has 0 radical (unpaired) electrons. The minimum Gasteiger partial charge on any atom is -0.466 e. The molecule has 0 bridgehead atoms. The number of nitroso groups, excluding NO2 is 1. The molecule has 0 aliphatic rings. The highest BCUT2D eigenvalue weighted by atomic mass is 32.2. The lowest BCUT2D eigenvalue weighted by Crippen LogP contribution is -2.22. The van der Waals surface area contributed by atoms with Gasteiger partial charge in [0.05, 0.1) is 25.7 Å². The van der Waals surface area contributed by atoms with Crippen LogP contribution in [0.1, 0.15) is 26.7 Å². The van der Waals surface area contributed by atoms with Gasteiger partial charge in [0, 0.05) is 17.9 Å². The van der Waals surface area contributed by atoms with Gasteiger partial charge in [-0.15, -0.1) is 0 Å². The maximum Gasteiger partial charge on any atom is 0.309 e. The van der Waals surface area contributed by atoms with Gasteiger partial charge in [0.2, 0.25) is 0 Å². The molecule has 0 aromatic carbocycles. The van der Waals surface area contributed by atoms with E-state index in [1.165, 1.54) is 11.8 Å². The number of nitrogens with zero attached hydrogens (tertiary/aromatic N) is 1. The number of hydrogen-bond acceptors (Lipinski definition) is 7. The highest BCUT2D eigenvalue weighted by Gasteiger charge is 2.21. The summed E-state index contributed by atoms with van der Waals surface area (Å²) in [6.07, 6.45) is 0.600. The van der Waals surface area contributed by atoms with Gasteiger partial charge in [-0.1, -0.05) is 5.18 Å². The fraction of sp³-hybridized carbons (Fsp3) is 0.833. The third-order valence-corrected chi connectivity index (χ3v) is 3.38. The van der Waals surface area contributed by atoms with E-state index in [1.54, 1.807) is 13.8 Å². The fourth-order valence-electron chi connectivity index (χ4n) is 1.38. The van der Waals surface area contributed by atoms with Crippen molar-refractivity contribution in [2.45, 2.75) is 26.7 Å². The lowest BCUT2D eigenvalue weighted by Gasteiger charge is -2.14. The Morgan fingerprint density at radius 2 is 1.89 bits per heavy atom. The Bertz CT molecular complexity index is 285. The van der Waals surface area contributed by atoms with Gasteiger partial charge in [0.15, 0.2) is 0 Å². The minimum absolute atomic E-state index is 0.198. The van der Waals surface area contributed by atoms with Gasteiger partial charge in [-0.2, -0.15) is 16.7 Å². The highest BCUT2D eigenvalue weighted by Crippen LogP contribution is 2.16. The first-order valence-electron chi connectivity index (χ1n) is 6.34. The van der Waals surface area contributed by atoms with Crippen LogP contribution >= 0.6 is 11.8 Å². The molecule has 0 aliphatic heterocycles. The maximum absolute atomic E-state index is 11.7. The molecule has 0 heterocycles. The Kier molecular flexibility index (Phi) is 11.3. The lowest BCUT2D eigenvalue weighted by atomic mass is 10.1. The van der Waals surface area contributed by atoms with E-state index in [2.05, 4.69) is 5.18 Å². The van der Waals surface area contributed by atoms with Crippen molar-refractivity contribution >= 4 is 23.7 Å². The van der Waals surface area contributed by atoms with Crippen LogP contribution in [-0.2, 0) is 19.1 Å². The summed E-state index contributed by atoms with van der Waals surface area (Å²) in [6.45, 7) is 4.35. The summed E-state index contributed by atoms with van der Waals surface area (Å²) in [4.78, 5) is 32.9. The number of ether oxygens (including phenoxy) is 2. The average molecular weight is 291 g/mol. The summed E-state index contributed by atoms with van der Waals surface area (Å²) in [5.74, 6) is 0.128. The highest BCUT2D eigenvalue weighted by molar-refractivity contribution is 7.99. The summed E-state index contributed by atoms with van der Waals surface area (Å²) < 4.78 is 9.78. The molecule has 0 N–H and O–H groups in total. The smallest absolute Gasteiger partial charge is 0.309 e. The van der Waals surface area contributed by atoms with Crippen molar-refractivity contribution in [1.82, 2.24) is 0 Å². The van der Waals surface area contributed by atoms with Crippen molar-refractivity contribution in [2.24, 2.45) is 11.1 Å². The van der Waals surface area contributed by atoms with E-state index in [9.17, 15) is 14.5 Å². The van der Waals surface area contributed by atoms with Crippen LogP contribution < -0.4 is 0 Å². The van der Waals surface area contributed by atoms with E-state index in [-0.39, 0.29) is 30.8 Å². The molecule has 1 unspecified atom stereocenters. The van der Waals surface area contributed by atoms with Crippen LogP contribution in [0, 0.1) is 10.8 Å². The quantitative estimate of drug-likeness (QED) is 0.329. The number of carbonyl (C=O) groups is 2. The number of hydrogen-bond donors (Lipinski definition) is 0. The first kappa shape index (κ1) is 17.9. The zero-order valence-electron chi connectivity index (χ0n) is 11.4. The van der Waals surface area contributed by atoms with Gasteiger partial charge in [0.1, 0.15) is 0 Å². The van der Waals surface area contributed by atoms with Gasteiger partial charge in [-0.25, -0.2) is 0 Å². The van der Waals surface area contributed by atoms with Crippen molar-refractivity contribution in [1.29, 1.82) is 0 Å². The monoisotopic (exact) mass is 291 g/mol. The first-order valence-corrected chi connectivity index (χ1v) is 7.50. The Morgan fingerprint density at radius 1 is 1.21 bits per heavy atom. The van der Waals surface area contributed by atoms with Gasteiger partial charge >= 0.3 is 11.9 Å². The molecule has 0 aliphatic carbocycles. The summed E-state index contributed by atoms with van der Waals surface area (Å²) in [7, 11) is 0. The molecule has 0 fully saturated rings. The van der Waals surface area contributed by atoms with E-state index < -0.39 is 0 Å². The summed E-state index contributed by atoms with van der Waals surface area (Å²) in [6, 6.07) is 0. The molecule has 19 heavy (non-hydrogen) atoms. The molecule has 0 aromatic heterocycles. The predicted octanol–water partition coefficient (Wildman–Crippen LogP) is 2.01. The van der Waals surface area contributed by atoms with Crippen molar-refractivity contribution in [3.05, 3.63) is 4.91 Å². The van der Waals surface area contributed by atoms with Crippen molar-refractivity contribution in [3.8, 4) is 0 Å². The van der Waals surface area contributed by atoms with Gasteiger partial charge in [0.25, 0.3) is 0 Å². The van der Waals surface area contributed by atoms with Crippen LogP contribution in [0.2, 0.25) is 0 Å². The number of rotatable bonds is 11. The third-order valence-electron chi connectivity index (χ3n) is 2.27. The van der Waals surface area contributed by atoms with Crippen molar-refractivity contribution in [3.63, 3.8) is 0 Å². The molecule has 6 nitrogen and oxygen atoms in total. The van der Waals surface area contributed by atoms with Crippen LogP contribution in [0.4, 0.5) is 0 Å². The van der Waals surface area contributed by atoms with E-state index in [4.69, 9.17) is 9.47 Å². The van der Waals surface area contributed by atoms with E-state index in [0.717, 1.165) is 0 Å². The number of esters is 2. The molecule has 1 atom stereocenters. The fourth-order valence-corrected chi connectivity index (χ4v) is 2.34. The maximum atomic E-state index is 11.7. The molecular formula is C12H21NO5S. The zero-order valence-corrected chi connectivity index (χ0v) is 12.2. The minimum atomic E-state index is -0.346. The van der Waals surface area contributed by atoms with Crippen LogP contribution in [0.15, 0.2) is 5.18 Å². The van der Waals surface area contributed by atoms with Crippen LogP contribution in [0.5, 0.6) is 0 Å². The summed E-state index contributed by atoms with van der Waals surface area (Å²) >= 11 is 1.46. The lowest BCUT2D eigenvalue weighted by molar-refractivity contribution is -0.148. The van der Waals surface area contributed by atoms with Crippen molar-refractivity contribution in [2.75, 3.05) is 31.3 Å². The van der Waals surface area contributed by atoms with Crippen LogP contribution in [-0.4, -0.2) is 43.2 Å². The average Bonchev–Trinajstić information content (AvgIpc) is 2.38. The first-order chi connectivity index (χ1) is 9.15. The van der Waals surface area contributed by atoms with E-state index >= 15 is 0 Å². The second-order valence-electron chi connectivity index (χ2n) is 3.72. The normalized spacial score (nSPS) is 11.7. The van der Waals surface area contributed by atoms with E-state index in [1.807, 2.05) is 0 Å². The Morgan fingerprint density at radius 3 is 2.47 bits per heavy atom. The van der Waals surface area contributed by atoms with Gasteiger partial charge in [-0.3, -0.25) is 9.59 Å². The topological polar surface area (TPSA) is 82.0 Å². The second kappa shape index (κ2) is 12.0. The molecule has 110 valence electrons. The number of thioether (sulfide) groups is 1. The molecule has 0 saturated carbocycles. The predicted molar refractivity (Wildman–Crippen MR) is 74.0 cm³/mol. The molecule has 0 rings (SSSR count). The van der Waals surface area contributed by atoms with Crippen molar-refractivity contribution < 1.29 is 19.1 Å². The second-order valence-corrected chi connectivity index (χ2v) is 4.87. The van der Waals surface area contributed by atoms with Crippen LogP contribution in [0.25, 0.3) is 0 Å². The van der Waals surface area contributed by atoms with E-state index in [0.29, 0.717) is 31.1 Å². The summed E-state index contributed by atoms with van der Waals surface area (Å²) in [5, 5.41) is 2.75. The molecular weight excluding hydrogens is 270 g/mol. The molecule has 0 aromatic rings. The molecule has 0 amide bonds. The van der Waals surface area contributed by atoms with Gasteiger partial charge in [-0.05, 0) is 20.3 Å². The Labute approximate surface area is 117 Å². The standard InChI is InChI=1S/C12H21NO5S/c1-3-17-11(14)6-5-10(12(15)18-4-2)9-19-8-7-13-16/h10H,3-9H2,1-2H3. The molecule has 7 heteroatoms. The third kappa shape index (κ3) is 9.47. The largest absolute Gasteiger partial charge is 0.466 e. The van der Waals surface area contributed by atoms with Crippen LogP contribution in [0.3, 0.4) is 0 Å². The molecule has 0 spiro atoms. The number of carbonyl (C=O) groups excluding carboxylic acids is 2. The Hall–Kier alpha value is -1.11. The Balaban J connectivity index is 4.13. The molecule has 0 saturated heterocycles. The van der Waals surface area contributed by atoms with Gasteiger partial charge < -0.3 is 9.47 Å². The summed E-state index contributed by atoms with van der Waals surface area (Å²) in [5.41, 5.74) is 0. The zero-order chi connectivity index (χ0) is 14.5. The SMILES string of the molecule is CCOC(=O)CCC(CSCCN=O)C(=O)OCC.